The Kier molecular flexibility index (Phi) is 5.87. The number of aromatic nitrogens is 2. The van der Waals surface area contributed by atoms with E-state index >= 15 is 0 Å². The number of pyridine rings is 1. The highest BCUT2D eigenvalue weighted by molar-refractivity contribution is 7.13. The molecule has 0 radical (unpaired) electrons. The molecule has 0 saturated carbocycles. The molecule has 0 spiro atoms. The van der Waals surface area contributed by atoms with Gasteiger partial charge >= 0.3 is 0 Å². The number of nitrogens with one attached hydrogen (secondary N) is 3. The van der Waals surface area contributed by atoms with Crippen LogP contribution in [0.1, 0.15) is 26.5 Å². The van der Waals surface area contributed by atoms with Gasteiger partial charge in [-0.05, 0) is 46.8 Å². The van der Waals surface area contributed by atoms with Crippen molar-refractivity contribution in [1.82, 2.24) is 20.8 Å². The Morgan fingerprint density at radius 2 is 1.90 bits per heavy atom. The van der Waals surface area contributed by atoms with Gasteiger partial charge in [0.2, 0.25) is 0 Å². The van der Waals surface area contributed by atoms with Gasteiger partial charge < -0.3 is 10.3 Å². The van der Waals surface area contributed by atoms with Crippen molar-refractivity contribution >= 4 is 23.2 Å². The van der Waals surface area contributed by atoms with Crippen LogP contribution in [0.25, 0.3) is 21.7 Å². The Morgan fingerprint density at radius 3 is 2.55 bits per heavy atom. The fourth-order valence-electron chi connectivity index (χ4n) is 3.05. The second kappa shape index (κ2) is 8.90. The standard InChI is InChI=1S/C22H17FN4O3S/c23-15-6-4-14(5-7-15)16-10-18(19-2-1-9-31-19)26-20(16)22(29)25-12-13-3-8-17(24-11-13)21(28)27-30/h1-11,26,30H,12H2,(H,25,29)(H,27,28). The molecule has 0 fully saturated rings. The number of aromatic amines is 1. The number of carbonyl (C=O) groups excluding carboxylic acids is 2. The number of amides is 2. The van der Waals surface area contributed by atoms with E-state index in [-0.39, 0.29) is 24.0 Å². The summed E-state index contributed by atoms with van der Waals surface area (Å²) in [5.41, 5.74) is 4.78. The molecule has 156 valence electrons. The summed E-state index contributed by atoms with van der Waals surface area (Å²) in [6.07, 6.45) is 1.44. The number of H-pyrrole nitrogens is 1. The summed E-state index contributed by atoms with van der Waals surface area (Å²) >= 11 is 1.54. The average Bonchev–Trinajstić information content (AvgIpc) is 3.48. The molecule has 4 rings (SSSR count). The SMILES string of the molecule is O=C(NO)c1ccc(CNC(=O)c2[nH]c(-c3cccs3)cc2-c2ccc(F)cc2)cn1. The van der Waals surface area contributed by atoms with Gasteiger partial charge in [0, 0.05) is 18.3 Å². The van der Waals surface area contributed by atoms with E-state index in [0.29, 0.717) is 22.4 Å². The summed E-state index contributed by atoms with van der Waals surface area (Å²) in [6.45, 7) is 0.184. The number of hydroxylamine groups is 1. The number of rotatable bonds is 6. The van der Waals surface area contributed by atoms with Gasteiger partial charge in [0.25, 0.3) is 11.8 Å². The summed E-state index contributed by atoms with van der Waals surface area (Å²) in [6, 6.07) is 14.8. The lowest BCUT2D eigenvalue weighted by Crippen LogP contribution is -2.24. The molecule has 0 atom stereocenters. The van der Waals surface area contributed by atoms with Gasteiger partial charge in [-0.3, -0.25) is 19.8 Å². The number of benzene rings is 1. The third-order valence-electron chi connectivity index (χ3n) is 4.60. The largest absolute Gasteiger partial charge is 0.349 e. The first-order chi connectivity index (χ1) is 15.0. The van der Waals surface area contributed by atoms with Gasteiger partial charge in [0.05, 0.1) is 10.6 Å². The first-order valence-corrected chi connectivity index (χ1v) is 10.1. The minimum atomic E-state index is -0.716. The van der Waals surface area contributed by atoms with Crippen molar-refractivity contribution in [2.24, 2.45) is 0 Å². The van der Waals surface area contributed by atoms with E-state index in [1.807, 2.05) is 23.6 Å². The van der Waals surface area contributed by atoms with Crippen LogP contribution in [0.3, 0.4) is 0 Å². The van der Waals surface area contributed by atoms with E-state index in [4.69, 9.17) is 5.21 Å². The molecule has 0 aliphatic rings. The van der Waals surface area contributed by atoms with E-state index in [1.165, 1.54) is 29.9 Å². The van der Waals surface area contributed by atoms with E-state index in [2.05, 4.69) is 15.3 Å². The lowest BCUT2D eigenvalue weighted by molar-refractivity contribution is 0.0700. The molecule has 2 amide bonds. The zero-order valence-corrected chi connectivity index (χ0v) is 16.9. The van der Waals surface area contributed by atoms with Gasteiger partial charge in [-0.15, -0.1) is 11.3 Å². The van der Waals surface area contributed by atoms with Crippen molar-refractivity contribution in [3.05, 3.63) is 88.9 Å². The zero-order valence-electron chi connectivity index (χ0n) is 16.1. The van der Waals surface area contributed by atoms with Crippen molar-refractivity contribution in [3.8, 4) is 21.7 Å². The number of nitrogens with zero attached hydrogens (tertiary/aromatic N) is 1. The van der Waals surface area contributed by atoms with Crippen LogP contribution in [-0.2, 0) is 6.54 Å². The Hall–Kier alpha value is -3.82. The molecule has 1 aromatic carbocycles. The number of hydrogen-bond donors (Lipinski definition) is 4. The molecule has 0 bridgehead atoms. The molecule has 0 unspecified atom stereocenters. The molecule has 31 heavy (non-hydrogen) atoms. The molecule has 4 N–H and O–H groups in total. The van der Waals surface area contributed by atoms with Crippen molar-refractivity contribution in [1.29, 1.82) is 0 Å². The second-order valence-corrected chi connectivity index (χ2v) is 7.58. The van der Waals surface area contributed by atoms with Gasteiger partial charge in [-0.25, -0.2) is 9.87 Å². The van der Waals surface area contributed by atoms with Crippen molar-refractivity contribution in [2.45, 2.75) is 6.54 Å². The fourth-order valence-corrected chi connectivity index (χ4v) is 3.74. The average molecular weight is 436 g/mol. The lowest BCUT2D eigenvalue weighted by Gasteiger charge is -2.07. The van der Waals surface area contributed by atoms with Crippen molar-refractivity contribution < 1.29 is 19.2 Å². The van der Waals surface area contributed by atoms with E-state index in [1.54, 1.807) is 29.5 Å². The van der Waals surface area contributed by atoms with Gasteiger partial charge in [-0.2, -0.15) is 0 Å². The molecule has 3 aromatic heterocycles. The number of hydrogen-bond acceptors (Lipinski definition) is 5. The maximum absolute atomic E-state index is 13.4. The Labute approximate surface area is 180 Å². The molecular formula is C22H17FN4O3S. The minimum absolute atomic E-state index is 0.0566. The smallest absolute Gasteiger partial charge is 0.293 e. The van der Waals surface area contributed by atoms with Crippen LogP contribution < -0.4 is 10.8 Å². The Morgan fingerprint density at radius 1 is 1.10 bits per heavy atom. The molecule has 0 aliphatic carbocycles. The molecule has 0 aliphatic heterocycles. The quantitative estimate of drug-likeness (QED) is 0.271. The molecular weight excluding hydrogens is 419 g/mol. The summed E-state index contributed by atoms with van der Waals surface area (Å²) in [5.74, 6) is -1.40. The molecule has 3 heterocycles. The highest BCUT2D eigenvalue weighted by Gasteiger charge is 2.18. The highest BCUT2D eigenvalue weighted by Crippen LogP contribution is 2.32. The van der Waals surface area contributed by atoms with Gasteiger partial charge in [0.15, 0.2) is 0 Å². The molecule has 7 nitrogen and oxygen atoms in total. The van der Waals surface area contributed by atoms with E-state index < -0.39 is 5.91 Å². The van der Waals surface area contributed by atoms with Crippen LogP contribution in [0.4, 0.5) is 4.39 Å². The van der Waals surface area contributed by atoms with Crippen molar-refractivity contribution in [3.63, 3.8) is 0 Å². The molecule has 4 aromatic rings. The Bertz CT molecular complexity index is 1200. The van der Waals surface area contributed by atoms with Crippen LogP contribution in [0.2, 0.25) is 0 Å². The minimum Gasteiger partial charge on any atom is -0.349 e. The molecule has 0 saturated heterocycles. The maximum atomic E-state index is 13.4. The number of halogens is 1. The summed E-state index contributed by atoms with van der Waals surface area (Å²) in [4.78, 5) is 32.4. The first-order valence-electron chi connectivity index (χ1n) is 9.25. The van der Waals surface area contributed by atoms with Crippen LogP contribution in [-0.4, -0.2) is 27.0 Å². The van der Waals surface area contributed by atoms with Crippen LogP contribution in [0.15, 0.2) is 66.2 Å². The number of thiophene rings is 1. The lowest BCUT2D eigenvalue weighted by atomic mass is 10.1. The summed E-state index contributed by atoms with van der Waals surface area (Å²) < 4.78 is 13.4. The van der Waals surface area contributed by atoms with Crippen LogP contribution in [0, 0.1) is 5.82 Å². The summed E-state index contributed by atoms with van der Waals surface area (Å²) in [5, 5.41) is 13.4. The zero-order chi connectivity index (χ0) is 21.8. The monoisotopic (exact) mass is 436 g/mol. The van der Waals surface area contributed by atoms with E-state index in [0.717, 1.165) is 10.6 Å². The normalized spacial score (nSPS) is 10.6. The van der Waals surface area contributed by atoms with Crippen LogP contribution in [0.5, 0.6) is 0 Å². The number of carbonyl (C=O) groups is 2. The third-order valence-corrected chi connectivity index (χ3v) is 5.50. The third kappa shape index (κ3) is 4.52. The second-order valence-electron chi connectivity index (χ2n) is 6.63. The fraction of sp³-hybridized carbons (Fsp3) is 0.0455. The van der Waals surface area contributed by atoms with Crippen molar-refractivity contribution in [2.75, 3.05) is 0 Å². The van der Waals surface area contributed by atoms with E-state index in [9.17, 15) is 14.0 Å². The van der Waals surface area contributed by atoms with Gasteiger partial charge in [-0.1, -0.05) is 24.3 Å². The topological polar surface area (TPSA) is 107 Å². The predicted octanol–water partition coefficient (Wildman–Crippen LogP) is 3.99. The first kappa shape index (κ1) is 20.5. The predicted molar refractivity (Wildman–Crippen MR) is 114 cm³/mol. The van der Waals surface area contributed by atoms with Crippen LogP contribution >= 0.6 is 11.3 Å². The highest BCUT2D eigenvalue weighted by atomic mass is 32.1. The summed E-state index contributed by atoms with van der Waals surface area (Å²) in [7, 11) is 0. The Balaban J connectivity index is 1.58. The maximum Gasteiger partial charge on any atom is 0.293 e. The molecule has 9 heteroatoms. The van der Waals surface area contributed by atoms with Gasteiger partial charge in [0.1, 0.15) is 17.2 Å².